The highest BCUT2D eigenvalue weighted by molar-refractivity contribution is 5.76. The molecule has 0 spiro atoms. The molecule has 3 rings (SSSR count). The Labute approximate surface area is 164 Å². The number of piperidine rings is 2. The summed E-state index contributed by atoms with van der Waals surface area (Å²) >= 11 is 0. The SMILES string of the molecule is CCOC(=O)C1CCN(C(=O)NC2CCN(CC3CCCCC3)CC2)CC1. The number of hydrogen-bond donors (Lipinski definition) is 1. The Morgan fingerprint density at radius 3 is 2.22 bits per heavy atom. The van der Waals surface area contributed by atoms with Crippen molar-refractivity contribution in [1.29, 1.82) is 0 Å². The number of hydrogen-bond acceptors (Lipinski definition) is 4. The number of esters is 1. The van der Waals surface area contributed by atoms with E-state index >= 15 is 0 Å². The van der Waals surface area contributed by atoms with E-state index in [4.69, 9.17) is 4.74 Å². The zero-order valence-electron chi connectivity index (χ0n) is 17.0. The fraction of sp³-hybridized carbons (Fsp3) is 0.905. The molecule has 154 valence electrons. The average molecular weight is 380 g/mol. The topological polar surface area (TPSA) is 61.9 Å². The first-order valence-electron chi connectivity index (χ1n) is 11.1. The van der Waals surface area contributed by atoms with Gasteiger partial charge in [0.2, 0.25) is 0 Å². The van der Waals surface area contributed by atoms with E-state index < -0.39 is 0 Å². The van der Waals surface area contributed by atoms with Gasteiger partial charge in [0, 0.05) is 38.8 Å². The minimum absolute atomic E-state index is 0.0444. The third-order valence-corrected chi connectivity index (χ3v) is 6.56. The van der Waals surface area contributed by atoms with Crippen molar-refractivity contribution in [2.45, 2.75) is 70.8 Å². The van der Waals surface area contributed by atoms with Gasteiger partial charge in [-0.1, -0.05) is 19.3 Å². The Morgan fingerprint density at radius 2 is 1.59 bits per heavy atom. The molecule has 2 amide bonds. The van der Waals surface area contributed by atoms with Crippen LogP contribution in [0.15, 0.2) is 0 Å². The van der Waals surface area contributed by atoms with E-state index in [1.165, 1.54) is 38.6 Å². The minimum atomic E-state index is -0.108. The monoisotopic (exact) mass is 379 g/mol. The molecule has 0 atom stereocenters. The van der Waals surface area contributed by atoms with Crippen molar-refractivity contribution in [3.63, 3.8) is 0 Å². The van der Waals surface area contributed by atoms with Crippen molar-refractivity contribution in [2.24, 2.45) is 11.8 Å². The first-order valence-corrected chi connectivity index (χ1v) is 11.1. The maximum atomic E-state index is 12.6. The highest BCUT2D eigenvalue weighted by Gasteiger charge is 2.30. The number of amides is 2. The number of nitrogens with one attached hydrogen (secondary N) is 1. The van der Waals surface area contributed by atoms with Crippen LogP contribution < -0.4 is 5.32 Å². The zero-order valence-corrected chi connectivity index (χ0v) is 17.0. The maximum Gasteiger partial charge on any atom is 0.317 e. The third kappa shape index (κ3) is 6.09. The van der Waals surface area contributed by atoms with Gasteiger partial charge in [-0.05, 0) is 51.4 Å². The van der Waals surface area contributed by atoms with Gasteiger partial charge in [0.05, 0.1) is 12.5 Å². The molecule has 2 saturated heterocycles. The Hall–Kier alpha value is -1.30. The molecule has 3 aliphatic rings. The van der Waals surface area contributed by atoms with Gasteiger partial charge in [-0.3, -0.25) is 4.79 Å². The van der Waals surface area contributed by atoms with E-state index in [1.807, 2.05) is 11.8 Å². The standard InChI is InChI=1S/C21H37N3O3/c1-2-27-20(25)18-8-14-24(15-9-18)21(26)22-19-10-12-23(13-11-19)16-17-6-4-3-5-7-17/h17-19H,2-16H2,1H3,(H,22,26). The van der Waals surface area contributed by atoms with Crippen molar-refractivity contribution in [1.82, 2.24) is 15.1 Å². The second kappa shape index (κ2) is 10.3. The average Bonchev–Trinajstić information content (AvgIpc) is 2.70. The normalized spacial score (nSPS) is 24.0. The predicted molar refractivity (Wildman–Crippen MR) is 105 cm³/mol. The molecule has 2 heterocycles. The van der Waals surface area contributed by atoms with Gasteiger partial charge in [-0.15, -0.1) is 0 Å². The van der Waals surface area contributed by atoms with Crippen LogP contribution >= 0.6 is 0 Å². The molecule has 6 nitrogen and oxygen atoms in total. The summed E-state index contributed by atoms with van der Waals surface area (Å²) in [6, 6.07) is 0.339. The Kier molecular flexibility index (Phi) is 7.80. The van der Waals surface area contributed by atoms with Gasteiger partial charge in [0.1, 0.15) is 0 Å². The molecule has 0 radical (unpaired) electrons. The molecule has 27 heavy (non-hydrogen) atoms. The number of urea groups is 1. The van der Waals surface area contributed by atoms with E-state index in [9.17, 15) is 9.59 Å². The van der Waals surface area contributed by atoms with Crippen molar-refractivity contribution in [3.8, 4) is 0 Å². The molecule has 0 bridgehead atoms. The van der Waals surface area contributed by atoms with Crippen LogP contribution in [0.3, 0.4) is 0 Å². The summed E-state index contributed by atoms with van der Waals surface area (Å²) in [5, 5.41) is 3.23. The van der Waals surface area contributed by atoms with Crippen molar-refractivity contribution in [2.75, 3.05) is 39.3 Å². The summed E-state index contributed by atoms with van der Waals surface area (Å²) in [6.07, 6.45) is 10.6. The van der Waals surface area contributed by atoms with E-state index in [-0.39, 0.29) is 17.9 Å². The molecule has 0 aromatic carbocycles. The molecule has 0 unspecified atom stereocenters. The number of nitrogens with zero attached hydrogens (tertiary/aromatic N) is 2. The van der Waals surface area contributed by atoms with Gasteiger partial charge in [-0.25, -0.2) is 4.79 Å². The van der Waals surface area contributed by atoms with E-state index in [0.717, 1.165) is 31.8 Å². The van der Waals surface area contributed by atoms with Crippen molar-refractivity contribution < 1.29 is 14.3 Å². The van der Waals surface area contributed by atoms with Crippen LogP contribution in [0, 0.1) is 11.8 Å². The fourth-order valence-corrected chi connectivity index (χ4v) is 4.84. The molecule has 1 aliphatic carbocycles. The van der Waals surface area contributed by atoms with Gasteiger partial charge in [-0.2, -0.15) is 0 Å². The van der Waals surface area contributed by atoms with E-state index in [2.05, 4.69) is 10.2 Å². The largest absolute Gasteiger partial charge is 0.466 e. The lowest BCUT2D eigenvalue weighted by Crippen LogP contribution is -2.51. The van der Waals surface area contributed by atoms with Gasteiger partial charge >= 0.3 is 12.0 Å². The third-order valence-electron chi connectivity index (χ3n) is 6.56. The number of carbonyl (C=O) groups excluding carboxylic acids is 2. The molecule has 2 aliphatic heterocycles. The van der Waals surface area contributed by atoms with Crippen LogP contribution in [0.25, 0.3) is 0 Å². The highest BCUT2D eigenvalue weighted by atomic mass is 16.5. The van der Waals surface area contributed by atoms with Crippen LogP contribution in [0.5, 0.6) is 0 Å². The molecule has 6 heteroatoms. The molecular weight excluding hydrogens is 342 g/mol. The highest BCUT2D eigenvalue weighted by Crippen LogP contribution is 2.25. The molecule has 1 saturated carbocycles. The predicted octanol–water partition coefficient (Wildman–Crippen LogP) is 3.02. The number of likely N-dealkylation sites (tertiary alicyclic amines) is 2. The summed E-state index contributed by atoms with van der Waals surface area (Å²) in [6.45, 7) is 7.02. The van der Waals surface area contributed by atoms with Crippen LogP contribution in [0.4, 0.5) is 4.79 Å². The van der Waals surface area contributed by atoms with E-state index in [1.54, 1.807) is 0 Å². The first kappa shape index (κ1) is 20.4. The summed E-state index contributed by atoms with van der Waals surface area (Å²) in [5.41, 5.74) is 0. The molecule has 0 aromatic rings. The maximum absolute atomic E-state index is 12.6. The Bertz CT molecular complexity index is 477. The van der Waals surface area contributed by atoms with Crippen LogP contribution in [0.1, 0.15) is 64.7 Å². The molecule has 1 N–H and O–H groups in total. The number of ether oxygens (including phenoxy) is 1. The molecule has 3 fully saturated rings. The number of rotatable bonds is 5. The van der Waals surface area contributed by atoms with Crippen LogP contribution in [-0.2, 0) is 9.53 Å². The lowest BCUT2D eigenvalue weighted by atomic mass is 9.88. The van der Waals surface area contributed by atoms with Gasteiger partial charge in [0.15, 0.2) is 0 Å². The minimum Gasteiger partial charge on any atom is -0.466 e. The smallest absolute Gasteiger partial charge is 0.317 e. The second-order valence-electron chi connectivity index (χ2n) is 8.54. The van der Waals surface area contributed by atoms with Crippen molar-refractivity contribution >= 4 is 12.0 Å². The van der Waals surface area contributed by atoms with Crippen molar-refractivity contribution in [3.05, 3.63) is 0 Å². The summed E-state index contributed by atoms with van der Waals surface area (Å²) in [5.74, 6) is 0.741. The fourth-order valence-electron chi connectivity index (χ4n) is 4.84. The second-order valence-corrected chi connectivity index (χ2v) is 8.54. The lowest BCUT2D eigenvalue weighted by Gasteiger charge is -2.37. The molecule has 0 aromatic heterocycles. The lowest BCUT2D eigenvalue weighted by molar-refractivity contribution is -0.149. The van der Waals surface area contributed by atoms with E-state index in [0.29, 0.717) is 38.6 Å². The van der Waals surface area contributed by atoms with Crippen LogP contribution in [0.2, 0.25) is 0 Å². The quantitative estimate of drug-likeness (QED) is 0.746. The van der Waals surface area contributed by atoms with Gasteiger partial charge < -0.3 is 19.9 Å². The summed E-state index contributed by atoms with van der Waals surface area (Å²) < 4.78 is 5.10. The first-order chi connectivity index (χ1) is 13.2. The zero-order chi connectivity index (χ0) is 19.1. The molecular formula is C21H37N3O3. The Balaban J connectivity index is 1.33. The number of carbonyl (C=O) groups is 2. The summed E-state index contributed by atoms with van der Waals surface area (Å²) in [7, 11) is 0. The Morgan fingerprint density at radius 1 is 0.926 bits per heavy atom. The van der Waals surface area contributed by atoms with Gasteiger partial charge in [0.25, 0.3) is 0 Å². The summed E-state index contributed by atoms with van der Waals surface area (Å²) in [4.78, 5) is 28.8. The van der Waals surface area contributed by atoms with Crippen LogP contribution in [-0.4, -0.2) is 67.2 Å².